The fraction of sp³-hybridized carbons (Fsp3) is 0.200. The van der Waals surface area contributed by atoms with Gasteiger partial charge < -0.3 is 49.3 Å². The molecule has 0 amide bonds. The smallest absolute Gasteiger partial charge is 0.330 e. The van der Waals surface area contributed by atoms with E-state index in [9.17, 15) is 40.2 Å². The maximum absolute atomic E-state index is 12.7. The van der Waals surface area contributed by atoms with Crippen molar-refractivity contribution >= 4 is 23.0 Å². The van der Waals surface area contributed by atoms with Crippen LogP contribution in [0.3, 0.4) is 0 Å². The van der Waals surface area contributed by atoms with Gasteiger partial charge >= 0.3 is 5.97 Å². The molecule has 0 aliphatic carbocycles. The summed E-state index contributed by atoms with van der Waals surface area (Å²) in [7, 11) is 0. The number of esters is 1. The highest BCUT2D eigenvalue weighted by atomic mass is 16.7. The summed E-state index contributed by atoms with van der Waals surface area (Å²) in [5.74, 6) is -2.19. The Morgan fingerprint density at radius 2 is 1.62 bits per heavy atom. The minimum atomic E-state index is -1.75. The highest BCUT2D eigenvalue weighted by Crippen LogP contribution is 2.35. The Labute approximate surface area is 237 Å². The molecule has 1 saturated heterocycles. The highest BCUT2D eigenvalue weighted by Gasteiger charge is 2.45. The van der Waals surface area contributed by atoms with Crippen LogP contribution in [0.15, 0.2) is 82.0 Å². The van der Waals surface area contributed by atoms with Gasteiger partial charge in [-0.05, 0) is 29.8 Å². The van der Waals surface area contributed by atoms with Crippen LogP contribution in [0.25, 0.3) is 28.4 Å². The number of hydrogen-bond donors (Lipinski definition) is 6. The van der Waals surface area contributed by atoms with Crippen LogP contribution in [-0.4, -0.2) is 73.9 Å². The lowest BCUT2D eigenvalue weighted by molar-refractivity contribution is -0.278. The Hall–Kier alpha value is -4.88. The minimum absolute atomic E-state index is 0.00930. The first kappa shape index (κ1) is 28.6. The van der Waals surface area contributed by atoms with Crippen molar-refractivity contribution < 1.29 is 54.1 Å². The van der Waals surface area contributed by atoms with Crippen LogP contribution >= 0.6 is 0 Å². The highest BCUT2D eigenvalue weighted by molar-refractivity contribution is 5.87. The first-order valence-corrected chi connectivity index (χ1v) is 12.7. The van der Waals surface area contributed by atoms with Crippen LogP contribution in [0.5, 0.6) is 23.0 Å². The number of aliphatic hydroxyl groups excluding tert-OH is 3. The van der Waals surface area contributed by atoms with Crippen molar-refractivity contribution in [2.45, 2.75) is 30.7 Å². The molecule has 4 aromatic rings. The molecular weight excluding hydrogens is 552 g/mol. The van der Waals surface area contributed by atoms with Crippen molar-refractivity contribution in [3.8, 4) is 34.3 Å². The maximum Gasteiger partial charge on any atom is 0.330 e. The molecular formula is C30H26O12. The summed E-state index contributed by atoms with van der Waals surface area (Å²) in [6.45, 7) is -0.483. The third-order valence-electron chi connectivity index (χ3n) is 6.57. The molecule has 1 fully saturated rings. The first-order valence-electron chi connectivity index (χ1n) is 12.7. The third-order valence-corrected chi connectivity index (χ3v) is 6.57. The minimum Gasteiger partial charge on any atom is -0.507 e. The molecule has 6 N–H and O–H groups in total. The SMILES string of the molecule is O=C(C=Cc1ccccc1)OCC1OC(Oc2cc(O)c3c(=O)cc(-c4ccc(O)c(O)c4)oc3c2)C(O)C(O)C1O. The number of phenols is 3. The molecule has 1 aliphatic rings. The Balaban J connectivity index is 1.34. The molecule has 12 heteroatoms. The lowest BCUT2D eigenvalue weighted by Crippen LogP contribution is -2.60. The van der Waals surface area contributed by atoms with Gasteiger partial charge in [-0.15, -0.1) is 0 Å². The number of carbonyl (C=O) groups is 1. The molecule has 0 radical (unpaired) electrons. The standard InChI is InChI=1S/C30H26O12/c31-18-8-7-16(10-19(18)32)22-13-21(34)26-20(33)11-17(12-23(26)41-22)40-30-29(38)28(37)27(36)24(42-30)14-39-25(35)9-6-15-4-2-1-3-5-15/h1-13,24,27-33,36-38H,14H2. The van der Waals surface area contributed by atoms with Crippen LogP contribution in [0, 0.1) is 0 Å². The molecule has 12 nitrogen and oxygen atoms in total. The summed E-state index contributed by atoms with van der Waals surface area (Å²) in [5, 5.41) is 61.0. The molecule has 0 bridgehead atoms. The predicted molar refractivity (Wildman–Crippen MR) is 147 cm³/mol. The second kappa shape index (κ2) is 11.9. The van der Waals surface area contributed by atoms with E-state index in [1.165, 1.54) is 36.4 Å². The van der Waals surface area contributed by atoms with E-state index in [2.05, 4.69) is 0 Å². The zero-order valence-corrected chi connectivity index (χ0v) is 21.7. The van der Waals surface area contributed by atoms with E-state index in [4.69, 9.17) is 18.6 Å². The molecule has 1 aliphatic heterocycles. The molecule has 5 unspecified atom stereocenters. The van der Waals surface area contributed by atoms with Crippen molar-refractivity contribution in [2.24, 2.45) is 0 Å². The zero-order chi connectivity index (χ0) is 30.0. The predicted octanol–water partition coefficient (Wildman–Crippen LogP) is 2.02. The van der Waals surface area contributed by atoms with E-state index in [0.717, 1.165) is 17.7 Å². The number of fused-ring (bicyclic) bond motifs is 1. The van der Waals surface area contributed by atoms with E-state index in [-0.39, 0.29) is 33.8 Å². The molecule has 3 aromatic carbocycles. The van der Waals surface area contributed by atoms with E-state index in [1.807, 2.05) is 6.07 Å². The van der Waals surface area contributed by atoms with Gasteiger partial charge in [0.15, 0.2) is 16.9 Å². The van der Waals surface area contributed by atoms with Gasteiger partial charge in [-0.1, -0.05) is 30.3 Å². The largest absolute Gasteiger partial charge is 0.507 e. The Morgan fingerprint density at radius 3 is 2.36 bits per heavy atom. The van der Waals surface area contributed by atoms with E-state index in [1.54, 1.807) is 24.3 Å². The summed E-state index contributed by atoms with van der Waals surface area (Å²) in [5.41, 5.74) is 0.285. The number of carbonyl (C=O) groups excluding carboxylic acids is 1. The normalized spacial score (nSPS) is 22.3. The number of aliphatic hydroxyl groups is 3. The topological polar surface area (TPSA) is 196 Å². The number of ether oxygens (including phenoxy) is 3. The fourth-order valence-corrected chi connectivity index (χ4v) is 4.36. The summed E-state index contributed by atoms with van der Waals surface area (Å²) in [6.07, 6.45) is -5.28. The number of benzene rings is 3. The maximum atomic E-state index is 12.7. The Morgan fingerprint density at radius 1 is 0.857 bits per heavy atom. The second-order valence-corrected chi connectivity index (χ2v) is 9.50. The van der Waals surface area contributed by atoms with Crippen LogP contribution < -0.4 is 10.2 Å². The van der Waals surface area contributed by atoms with Gasteiger partial charge in [-0.25, -0.2) is 4.79 Å². The van der Waals surface area contributed by atoms with Gasteiger partial charge in [0, 0.05) is 29.8 Å². The lowest BCUT2D eigenvalue weighted by atomic mass is 9.99. The monoisotopic (exact) mass is 578 g/mol. The Bertz CT molecular complexity index is 1680. The molecule has 5 atom stereocenters. The van der Waals surface area contributed by atoms with Gasteiger partial charge in [0.2, 0.25) is 6.29 Å². The number of phenolic OH excluding ortho intramolecular Hbond substituents is 3. The van der Waals surface area contributed by atoms with Crippen molar-refractivity contribution in [1.29, 1.82) is 0 Å². The number of rotatable bonds is 7. The second-order valence-electron chi connectivity index (χ2n) is 9.50. The molecule has 2 heterocycles. The van der Waals surface area contributed by atoms with E-state index < -0.39 is 60.2 Å². The van der Waals surface area contributed by atoms with E-state index in [0.29, 0.717) is 0 Å². The molecule has 0 saturated carbocycles. The summed E-state index contributed by atoms with van der Waals surface area (Å²) >= 11 is 0. The van der Waals surface area contributed by atoms with Gasteiger partial charge in [-0.3, -0.25) is 4.79 Å². The average molecular weight is 579 g/mol. The molecule has 218 valence electrons. The van der Waals surface area contributed by atoms with Crippen molar-refractivity contribution in [3.05, 3.63) is 88.6 Å². The van der Waals surface area contributed by atoms with Crippen molar-refractivity contribution in [3.63, 3.8) is 0 Å². The molecule has 1 aromatic heterocycles. The molecule has 5 rings (SSSR count). The first-order chi connectivity index (χ1) is 20.1. The average Bonchev–Trinajstić information content (AvgIpc) is 2.97. The zero-order valence-electron chi connectivity index (χ0n) is 21.7. The van der Waals surface area contributed by atoms with Gasteiger partial charge in [0.1, 0.15) is 59.3 Å². The summed E-state index contributed by atoms with van der Waals surface area (Å²) in [6, 6.07) is 16.2. The Kier molecular flexibility index (Phi) is 8.13. The third kappa shape index (κ3) is 6.06. The van der Waals surface area contributed by atoms with Crippen LogP contribution in [0.1, 0.15) is 5.56 Å². The molecule has 42 heavy (non-hydrogen) atoms. The van der Waals surface area contributed by atoms with E-state index >= 15 is 0 Å². The van der Waals surface area contributed by atoms with Crippen LogP contribution in [-0.2, 0) is 14.3 Å². The van der Waals surface area contributed by atoms with Crippen LogP contribution in [0.2, 0.25) is 0 Å². The van der Waals surface area contributed by atoms with Crippen LogP contribution in [0.4, 0.5) is 0 Å². The van der Waals surface area contributed by atoms with Crippen molar-refractivity contribution in [2.75, 3.05) is 6.61 Å². The molecule has 0 spiro atoms. The van der Waals surface area contributed by atoms with Gasteiger partial charge in [0.25, 0.3) is 0 Å². The summed E-state index contributed by atoms with van der Waals surface area (Å²) < 4.78 is 22.1. The number of aromatic hydroxyl groups is 3. The fourth-order valence-electron chi connectivity index (χ4n) is 4.36. The lowest BCUT2D eigenvalue weighted by Gasteiger charge is -2.39. The van der Waals surface area contributed by atoms with Gasteiger partial charge in [0.05, 0.1) is 0 Å². The summed E-state index contributed by atoms with van der Waals surface area (Å²) in [4.78, 5) is 24.9. The quantitative estimate of drug-likeness (QED) is 0.106. The van der Waals surface area contributed by atoms with Crippen molar-refractivity contribution in [1.82, 2.24) is 0 Å². The number of hydrogen-bond acceptors (Lipinski definition) is 12. The van der Waals surface area contributed by atoms with Gasteiger partial charge in [-0.2, -0.15) is 0 Å².